The Balaban J connectivity index is 2.32. The van der Waals surface area contributed by atoms with Gasteiger partial charge in [0.05, 0.1) is 6.61 Å². The number of ether oxygens (including phenoxy) is 1. The Labute approximate surface area is 106 Å². The number of nitrogens with zero attached hydrogens (tertiary/aromatic N) is 2. The molecule has 1 saturated heterocycles. The molecule has 0 spiro atoms. The maximum Gasteiger partial charge on any atom is 0.409 e. The van der Waals surface area contributed by atoms with E-state index in [1.165, 1.54) is 0 Å². The Hall–Kier alpha value is -1.79. The maximum absolute atomic E-state index is 11.7. The van der Waals surface area contributed by atoms with Crippen molar-refractivity contribution in [1.29, 1.82) is 0 Å². The Morgan fingerprint density at radius 2 is 1.61 bits per heavy atom. The van der Waals surface area contributed by atoms with Crippen LogP contribution in [0.2, 0.25) is 0 Å². The van der Waals surface area contributed by atoms with Crippen LogP contribution >= 0.6 is 0 Å². The molecule has 1 aliphatic rings. The number of rotatable bonds is 4. The smallest absolute Gasteiger partial charge is 0.409 e. The van der Waals surface area contributed by atoms with Crippen molar-refractivity contribution in [2.75, 3.05) is 32.8 Å². The minimum absolute atomic E-state index is 0.0664. The minimum atomic E-state index is -0.478. The van der Waals surface area contributed by atoms with Gasteiger partial charge in [0.1, 0.15) is 0 Å². The fourth-order valence-electron chi connectivity index (χ4n) is 1.74. The first-order chi connectivity index (χ1) is 8.54. The van der Waals surface area contributed by atoms with Crippen LogP contribution in [0.3, 0.4) is 0 Å². The summed E-state index contributed by atoms with van der Waals surface area (Å²) >= 11 is 0. The van der Waals surface area contributed by atoms with Gasteiger partial charge in [0.2, 0.25) is 11.8 Å². The second kappa shape index (κ2) is 6.83. The Kier molecular flexibility index (Phi) is 5.41. The van der Waals surface area contributed by atoms with Crippen LogP contribution in [0.1, 0.15) is 19.8 Å². The van der Waals surface area contributed by atoms with E-state index >= 15 is 0 Å². The fraction of sp³-hybridized carbons (Fsp3) is 0.727. The van der Waals surface area contributed by atoms with Crippen molar-refractivity contribution >= 4 is 17.9 Å². The first-order valence-corrected chi connectivity index (χ1v) is 6.02. The lowest BCUT2D eigenvalue weighted by molar-refractivity contribution is -0.134. The summed E-state index contributed by atoms with van der Waals surface area (Å²) < 4.78 is 4.88. The lowest BCUT2D eigenvalue weighted by Gasteiger charge is -2.34. The molecule has 102 valence electrons. The molecule has 7 nitrogen and oxygen atoms in total. The normalized spacial score (nSPS) is 15.4. The van der Waals surface area contributed by atoms with E-state index in [2.05, 4.69) is 0 Å². The third-order valence-electron chi connectivity index (χ3n) is 2.74. The van der Waals surface area contributed by atoms with Crippen molar-refractivity contribution in [3.63, 3.8) is 0 Å². The second-order valence-electron chi connectivity index (χ2n) is 4.03. The Morgan fingerprint density at radius 3 is 2.11 bits per heavy atom. The number of piperazine rings is 1. The molecule has 0 saturated carbocycles. The molecule has 0 unspecified atom stereocenters. The summed E-state index contributed by atoms with van der Waals surface area (Å²) in [6.07, 6.45) is -0.146. The summed E-state index contributed by atoms with van der Waals surface area (Å²) in [7, 11) is 0. The quantitative estimate of drug-likeness (QED) is 0.738. The van der Waals surface area contributed by atoms with Gasteiger partial charge in [0.15, 0.2) is 0 Å². The molecule has 0 aromatic heterocycles. The van der Waals surface area contributed by atoms with Crippen molar-refractivity contribution in [2.24, 2.45) is 5.73 Å². The maximum atomic E-state index is 11.7. The van der Waals surface area contributed by atoms with Gasteiger partial charge >= 0.3 is 6.09 Å². The number of primary amides is 1. The highest BCUT2D eigenvalue weighted by Gasteiger charge is 2.24. The van der Waals surface area contributed by atoms with E-state index < -0.39 is 5.91 Å². The van der Waals surface area contributed by atoms with E-state index in [-0.39, 0.29) is 24.8 Å². The molecule has 0 bridgehead atoms. The van der Waals surface area contributed by atoms with Crippen LogP contribution in [0, 0.1) is 0 Å². The van der Waals surface area contributed by atoms with Gasteiger partial charge in [-0.15, -0.1) is 0 Å². The average molecular weight is 257 g/mol. The van der Waals surface area contributed by atoms with Crippen molar-refractivity contribution in [2.45, 2.75) is 19.8 Å². The number of carbonyl (C=O) groups excluding carboxylic acids is 3. The van der Waals surface area contributed by atoms with Crippen molar-refractivity contribution < 1.29 is 19.1 Å². The molecule has 1 heterocycles. The number of nitrogens with two attached hydrogens (primary N) is 1. The highest BCUT2D eigenvalue weighted by molar-refractivity contribution is 5.83. The Bertz CT molecular complexity index is 324. The van der Waals surface area contributed by atoms with E-state index in [0.717, 1.165) is 0 Å². The van der Waals surface area contributed by atoms with E-state index in [1.807, 2.05) is 0 Å². The summed E-state index contributed by atoms with van der Waals surface area (Å²) in [5.74, 6) is -0.578. The number of carbonyl (C=O) groups is 3. The average Bonchev–Trinajstić information content (AvgIpc) is 2.36. The Morgan fingerprint density at radius 1 is 1.06 bits per heavy atom. The lowest BCUT2D eigenvalue weighted by Crippen LogP contribution is -2.50. The van der Waals surface area contributed by atoms with Gasteiger partial charge in [-0.3, -0.25) is 9.59 Å². The van der Waals surface area contributed by atoms with Crippen LogP contribution in [0.15, 0.2) is 0 Å². The molecule has 0 aliphatic carbocycles. The zero-order chi connectivity index (χ0) is 13.5. The second-order valence-corrected chi connectivity index (χ2v) is 4.03. The van der Waals surface area contributed by atoms with E-state index in [0.29, 0.717) is 32.8 Å². The van der Waals surface area contributed by atoms with Crippen LogP contribution in [0.25, 0.3) is 0 Å². The van der Waals surface area contributed by atoms with E-state index in [1.54, 1.807) is 16.7 Å². The fourth-order valence-corrected chi connectivity index (χ4v) is 1.74. The summed E-state index contributed by atoms with van der Waals surface area (Å²) in [6, 6.07) is 0. The third-order valence-corrected chi connectivity index (χ3v) is 2.74. The number of hydrogen-bond donors (Lipinski definition) is 1. The highest BCUT2D eigenvalue weighted by atomic mass is 16.6. The first kappa shape index (κ1) is 14.3. The molecule has 7 heteroatoms. The SMILES string of the molecule is CCOC(=O)N1CCN(C(=O)CCC(N)=O)CC1. The number of hydrogen-bond acceptors (Lipinski definition) is 4. The van der Waals surface area contributed by atoms with Crippen LogP contribution in [0.5, 0.6) is 0 Å². The predicted octanol–water partition coefficient (Wildman–Crippen LogP) is -0.447. The molecule has 1 rings (SSSR count). The zero-order valence-electron chi connectivity index (χ0n) is 10.6. The molecule has 1 aliphatic heterocycles. The van der Waals surface area contributed by atoms with Crippen LogP contribution in [-0.4, -0.2) is 60.5 Å². The summed E-state index contributed by atoms with van der Waals surface area (Å²) in [5.41, 5.74) is 4.99. The molecule has 0 aromatic carbocycles. The largest absolute Gasteiger partial charge is 0.450 e. The molecule has 1 fully saturated rings. The zero-order valence-corrected chi connectivity index (χ0v) is 10.6. The molecular weight excluding hydrogens is 238 g/mol. The minimum Gasteiger partial charge on any atom is -0.450 e. The third kappa shape index (κ3) is 4.23. The van der Waals surface area contributed by atoms with Gasteiger partial charge in [-0.2, -0.15) is 0 Å². The van der Waals surface area contributed by atoms with Gasteiger partial charge in [-0.25, -0.2) is 4.79 Å². The molecule has 18 heavy (non-hydrogen) atoms. The molecule has 0 aromatic rings. The first-order valence-electron chi connectivity index (χ1n) is 6.02. The van der Waals surface area contributed by atoms with Gasteiger partial charge in [0, 0.05) is 39.0 Å². The van der Waals surface area contributed by atoms with Gasteiger partial charge in [-0.05, 0) is 6.92 Å². The van der Waals surface area contributed by atoms with E-state index in [4.69, 9.17) is 10.5 Å². The van der Waals surface area contributed by atoms with Gasteiger partial charge in [0.25, 0.3) is 0 Å². The monoisotopic (exact) mass is 257 g/mol. The standard InChI is InChI=1S/C11H19N3O4/c1-2-18-11(17)14-7-5-13(6-8-14)10(16)4-3-9(12)15/h2-8H2,1H3,(H2,12,15). The summed E-state index contributed by atoms with van der Waals surface area (Å²) in [6.45, 7) is 3.95. The number of amides is 3. The molecule has 2 N–H and O–H groups in total. The predicted molar refractivity (Wildman–Crippen MR) is 63.6 cm³/mol. The lowest BCUT2D eigenvalue weighted by atomic mass is 10.2. The van der Waals surface area contributed by atoms with E-state index in [9.17, 15) is 14.4 Å². The van der Waals surface area contributed by atoms with Crippen LogP contribution < -0.4 is 5.73 Å². The van der Waals surface area contributed by atoms with Gasteiger partial charge < -0.3 is 20.3 Å². The highest BCUT2D eigenvalue weighted by Crippen LogP contribution is 2.06. The van der Waals surface area contributed by atoms with Crippen LogP contribution in [0.4, 0.5) is 4.79 Å². The van der Waals surface area contributed by atoms with Crippen LogP contribution in [-0.2, 0) is 14.3 Å². The van der Waals surface area contributed by atoms with Gasteiger partial charge in [-0.1, -0.05) is 0 Å². The molecule has 0 atom stereocenters. The molecule has 0 radical (unpaired) electrons. The summed E-state index contributed by atoms with van der Waals surface area (Å²) in [4.78, 5) is 36.9. The van der Waals surface area contributed by atoms with Crippen molar-refractivity contribution in [3.05, 3.63) is 0 Å². The summed E-state index contributed by atoms with van der Waals surface area (Å²) in [5, 5.41) is 0. The topological polar surface area (TPSA) is 92.9 Å². The van der Waals surface area contributed by atoms with Crippen molar-refractivity contribution in [3.8, 4) is 0 Å². The molecule has 3 amide bonds. The molecular formula is C11H19N3O4. The van der Waals surface area contributed by atoms with Crippen molar-refractivity contribution in [1.82, 2.24) is 9.80 Å².